The van der Waals surface area contributed by atoms with E-state index < -0.39 is 26.6 Å². The number of aliphatic hydroxyl groups excluding tert-OH is 1. The smallest absolute Gasteiger partial charge is 0.268 e. The van der Waals surface area contributed by atoms with Gasteiger partial charge in [0.1, 0.15) is 13.2 Å². The zero-order chi connectivity index (χ0) is 49.2. The number of quaternary nitrogens is 1. The zero-order valence-corrected chi connectivity index (χ0v) is 45.0. The predicted molar refractivity (Wildman–Crippen MR) is 288 cm³/mol. The Labute approximate surface area is 414 Å². The Kier molecular flexibility index (Phi) is 47.0. The van der Waals surface area contributed by atoms with Crippen molar-refractivity contribution in [3.63, 3.8) is 0 Å². The maximum Gasteiger partial charge on any atom is 0.268 e. The molecular weight excluding hydrogens is 852 g/mol. The number of nitrogens with zero attached hydrogens (tertiary/aromatic N) is 1. The monoisotopic (exact) mass is 957 g/mol. The summed E-state index contributed by atoms with van der Waals surface area (Å²) in [5.74, 6) is -0.228. The number of likely N-dealkylation sites (N-methyl/N-ethyl adjacent to an activating group) is 1. The van der Waals surface area contributed by atoms with Crippen LogP contribution in [0, 0.1) is 0 Å². The molecule has 3 unspecified atom stereocenters. The van der Waals surface area contributed by atoms with Crippen molar-refractivity contribution in [3.05, 3.63) is 85.1 Å². The van der Waals surface area contributed by atoms with Crippen molar-refractivity contribution >= 4 is 13.7 Å². The summed E-state index contributed by atoms with van der Waals surface area (Å²) in [6, 6.07) is -0.923. The summed E-state index contributed by atoms with van der Waals surface area (Å²) >= 11 is 0. The van der Waals surface area contributed by atoms with E-state index >= 15 is 0 Å². The standard InChI is InChI=1S/C58H105N2O6P/c1-6-8-10-12-14-16-18-20-22-24-26-27-28-29-30-31-32-34-35-37-39-41-43-45-47-49-51-57(61)56(55-66-67(63,64)65-54-53-60(3,4)5)59-58(62)52-50-48-46-44-42-40-38-36-33-25-23-21-19-17-15-13-11-9-7-2/h9,11,15,17,21,23,33-36,41,43,49,51,56-57,61H,6-8,10,12-14,16,18-20,22,24-32,37-40,42,44-48,50,52-55H2,1-5H3,(H-,59,62,63,64)/b11-9-,17-15-,23-21-,35-34+,36-33-,43-41+,51-49+. The number of rotatable bonds is 49. The second-order valence-electron chi connectivity index (χ2n) is 19.5. The van der Waals surface area contributed by atoms with Crippen LogP contribution >= 0.6 is 7.82 Å². The minimum Gasteiger partial charge on any atom is -0.756 e. The highest BCUT2D eigenvalue weighted by Gasteiger charge is 2.23. The molecule has 9 heteroatoms. The lowest BCUT2D eigenvalue weighted by Gasteiger charge is -2.29. The van der Waals surface area contributed by atoms with E-state index in [1.807, 2.05) is 27.2 Å². The molecule has 3 atom stereocenters. The van der Waals surface area contributed by atoms with E-state index in [0.29, 0.717) is 17.4 Å². The SMILES string of the molecule is CC/C=C\C/C=C\C/C=C\C/C=C\CCCCCCCCC(=O)NC(COP(=O)([O-])OCC[N+](C)(C)C)C(O)/C=C/CC/C=C/CC/C=C/CCCCCCCCCCCCCCCCCC. The van der Waals surface area contributed by atoms with Crippen molar-refractivity contribution in [1.82, 2.24) is 5.32 Å². The summed E-state index contributed by atoms with van der Waals surface area (Å²) in [5.41, 5.74) is 0. The first-order valence-corrected chi connectivity index (χ1v) is 28.9. The third-order valence-electron chi connectivity index (χ3n) is 11.8. The normalized spacial score (nSPS) is 14.7. The quantitative estimate of drug-likeness (QED) is 0.0272. The average Bonchev–Trinajstić information content (AvgIpc) is 3.29. The fraction of sp³-hybridized carbons (Fsp3) is 0.741. The van der Waals surface area contributed by atoms with Gasteiger partial charge in [0.05, 0.1) is 39.9 Å². The topological polar surface area (TPSA) is 108 Å². The van der Waals surface area contributed by atoms with Crippen molar-refractivity contribution in [2.24, 2.45) is 0 Å². The molecule has 0 aromatic rings. The van der Waals surface area contributed by atoms with Crippen molar-refractivity contribution in [2.75, 3.05) is 40.9 Å². The fourth-order valence-electron chi connectivity index (χ4n) is 7.53. The number of carbonyl (C=O) groups excluding carboxylic acids is 1. The third-order valence-corrected chi connectivity index (χ3v) is 12.8. The fourth-order valence-corrected chi connectivity index (χ4v) is 8.25. The Morgan fingerprint density at radius 2 is 0.925 bits per heavy atom. The summed E-state index contributed by atoms with van der Waals surface area (Å²) in [4.78, 5) is 25.4. The first-order valence-electron chi connectivity index (χ1n) is 27.4. The number of hydrogen-bond donors (Lipinski definition) is 2. The molecule has 0 heterocycles. The Morgan fingerprint density at radius 1 is 0.537 bits per heavy atom. The summed E-state index contributed by atoms with van der Waals surface area (Å²) < 4.78 is 23.3. The number of nitrogens with one attached hydrogen (secondary N) is 1. The van der Waals surface area contributed by atoms with E-state index in [1.165, 1.54) is 116 Å². The molecule has 0 saturated heterocycles. The number of phosphoric ester groups is 1. The largest absolute Gasteiger partial charge is 0.756 e. The van der Waals surface area contributed by atoms with Gasteiger partial charge >= 0.3 is 0 Å². The van der Waals surface area contributed by atoms with Gasteiger partial charge in [0.25, 0.3) is 7.82 Å². The van der Waals surface area contributed by atoms with Crippen LogP contribution in [0.2, 0.25) is 0 Å². The molecule has 388 valence electrons. The predicted octanol–water partition coefficient (Wildman–Crippen LogP) is 15.8. The van der Waals surface area contributed by atoms with E-state index in [2.05, 4.69) is 92.1 Å². The van der Waals surface area contributed by atoms with E-state index in [9.17, 15) is 19.4 Å². The maximum absolute atomic E-state index is 12.9. The minimum absolute atomic E-state index is 0.0163. The van der Waals surface area contributed by atoms with Crippen LogP contribution in [0.25, 0.3) is 0 Å². The zero-order valence-electron chi connectivity index (χ0n) is 44.1. The van der Waals surface area contributed by atoms with Crippen LogP contribution in [0.4, 0.5) is 0 Å². The van der Waals surface area contributed by atoms with Crippen LogP contribution < -0.4 is 10.2 Å². The minimum atomic E-state index is -4.62. The number of carbonyl (C=O) groups is 1. The first kappa shape index (κ1) is 64.7. The molecule has 0 radical (unpaired) electrons. The van der Waals surface area contributed by atoms with Gasteiger partial charge in [-0.2, -0.15) is 0 Å². The number of allylic oxidation sites excluding steroid dienone is 13. The van der Waals surface area contributed by atoms with Crippen LogP contribution in [0.3, 0.4) is 0 Å². The molecule has 0 aliphatic carbocycles. The molecule has 0 spiro atoms. The number of unbranched alkanes of at least 4 members (excludes halogenated alkanes) is 24. The van der Waals surface area contributed by atoms with Gasteiger partial charge in [0, 0.05) is 6.42 Å². The number of phosphoric acid groups is 1. The molecular formula is C58H105N2O6P. The van der Waals surface area contributed by atoms with Crippen molar-refractivity contribution in [2.45, 2.75) is 238 Å². The molecule has 0 fully saturated rings. The van der Waals surface area contributed by atoms with Gasteiger partial charge in [-0.15, -0.1) is 0 Å². The third kappa shape index (κ3) is 51.4. The van der Waals surface area contributed by atoms with Crippen LogP contribution in [0.15, 0.2) is 85.1 Å². The summed E-state index contributed by atoms with van der Waals surface area (Å²) in [6.07, 6.45) is 68.0. The summed E-state index contributed by atoms with van der Waals surface area (Å²) in [7, 11) is 1.21. The molecule has 0 aromatic carbocycles. The van der Waals surface area contributed by atoms with Crippen molar-refractivity contribution in [1.29, 1.82) is 0 Å². The number of amides is 1. The average molecular weight is 957 g/mol. The van der Waals surface area contributed by atoms with E-state index in [-0.39, 0.29) is 12.5 Å². The van der Waals surface area contributed by atoms with Gasteiger partial charge in [0.15, 0.2) is 0 Å². The van der Waals surface area contributed by atoms with Crippen LogP contribution in [-0.2, 0) is 18.4 Å². The van der Waals surface area contributed by atoms with E-state index in [4.69, 9.17) is 9.05 Å². The Hall–Kier alpha value is -2.32. The lowest BCUT2D eigenvalue weighted by Crippen LogP contribution is -2.45. The van der Waals surface area contributed by atoms with Gasteiger partial charge in [-0.3, -0.25) is 9.36 Å². The van der Waals surface area contributed by atoms with Gasteiger partial charge in [-0.25, -0.2) is 0 Å². The molecule has 67 heavy (non-hydrogen) atoms. The molecule has 0 aliphatic rings. The molecule has 0 bridgehead atoms. The second-order valence-corrected chi connectivity index (χ2v) is 20.9. The van der Waals surface area contributed by atoms with Crippen LogP contribution in [0.1, 0.15) is 226 Å². The summed E-state index contributed by atoms with van der Waals surface area (Å²) in [6.45, 7) is 4.50. The highest BCUT2D eigenvalue weighted by molar-refractivity contribution is 7.45. The molecule has 0 rings (SSSR count). The first-order chi connectivity index (χ1) is 32.5. The summed E-state index contributed by atoms with van der Waals surface area (Å²) in [5, 5.41) is 13.8. The Morgan fingerprint density at radius 3 is 1.39 bits per heavy atom. The highest BCUT2D eigenvalue weighted by Crippen LogP contribution is 2.38. The molecule has 0 aromatic heterocycles. The maximum atomic E-state index is 12.9. The Bertz CT molecular complexity index is 1360. The highest BCUT2D eigenvalue weighted by atomic mass is 31.2. The second kappa shape index (κ2) is 48.7. The van der Waals surface area contributed by atoms with Crippen molar-refractivity contribution < 1.29 is 32.9 Å². The number of hydrogen-bond acceptors (Lipinski definition) is 6. The Balaban J connectivity index is 4.36. The van der Waals surface area contributed by atoms with Crippen molar-refractivity contribution in [3.8, 4) is 0 Å². The van der Waals surface area contributed by atoms with Gasteiger partial charge < -0.3 is 28.8 Å². The number of aliphatic hydroxyl groups is 1. The molecule has 0 saturated carbocycles. The van der Waals surface area contributed by atoms with Gasteiger partial charge in [-0.1, -0.05) is 221 Å². The van der Waals surface area contributed by atoms with Gasteiger partial charge in [-0.05, 0) is 83.5 Å². The van der Waals surface area contributed by atoms with Gasteiger partial charge in [0.2, 0.25) is 5.91 Å². The van der Waals surface area contributed by atoms with Crippen LogP contribution in [0.5, 0.6) is 0 Å². The molecule has 0 aliphatic heterocycles. The molecule has 8 nitrogen and oxygen atoms in total. The van der Waals surface area contributed by atoms with E-state index in [0.717, 1.165) is 89.9 Å². The molecule has 1 amide bonds. The lowest BCUT2D eigenvalue weighted by atomic mass is 10.0. The van der Waals surface area contributed by atoms with E-state index in [1.54, 1.807) is 6.08 Å². The molecule has 2 N–H and O–H groups in total. The lowest BCUT2D eigenvalue weighted by molar-refractivity contribution is -0.870. The van der Waals surface area contributed by atoms with Crippen LogP contribution in [-0.4, -0.2) is 68.5 Å².